The lowest BCUT2D eigenvalue weighted by Crippen LogP contribution is -2.27. The molecule has 1 atom stereocenters. The normalized spacial score (nSPS) is 12.5. The van der Waals surface area contributed by atoms with Crippen LogP contribution in [0.2, 0.25) is 0 Å². The lowest BCUT2D eigenvalue weighted by atomic mass is 10.1. The fraction of sp³-hybridized carbons (Fsp3) is 0.125. The van der Waals surface area contributed by atoms with Gasteiger partial charge in [-0.2, -0.15) is 0 Å². The van der Waals surface area contributed by atoms with Crippen molar-refractivity contribution in [2.75, 3.05) is 0 Å². The Morgan fingerprint density at radius 3 is 2.27 bits per heavy atom. The number of primary amides is 1. The van der Waals surface area contributed by atoms with Crippen LogP contribution >= 0.6 is 0 Å². The number of benzene rings is 1. The number of nitrogens with two attached hydrogens (primary N) is 2. The second-order valence-corrected chi connectivity index (χ2v) is 2.29. The van der Waals surface area contributed by atoms with E-state index in [-0.39, 0.29) is 0 Å². The van der Waals surface area contributed by atoms with E-state index in [1.54, 1.807) is 12.1 Å². The van der Waals surface area contributed by atoms with Crippen molar-refractivity contribution in [1.29, 1.82) is 0 Å². The molecule has 0 fully saturated rings. The van der Waals surface area contributed by atoms with E-state index in [2.05, 4.69) is 0 Å². The van der Waals surface area contributed by atoms with E-state index in [1.807, 2.05) is 18.2 Å². The highest BCUT2D eigenvalue weighted by Gasteiger charge is 2.09. The highest BCUT2D eigenvalue weighted by atomic mass is 16.1. The second kappa shape index (κ2) is 3.16. The summed E-state index contributed by atoms with van der Waals surface area (Å²) in [5, 5.41) is 0. The molecule has 3 nitrogen and oxygen atoms in total. The molecule has 0 radical (unpaired) electrons. The van der Waals surface area contributed by atoms with E-state index in [9.17, 15) is 4.79 Å². The minimum Gasteiger partial charge on any atom is -0.368 e. The van der Waals surface area contributed by atoms with Crippen molar-refractivity contribution in [1.82, 2.24) is 0 Å². The zero-order valence-corrected chi connectivity index (χ0v) is 6.03. The highest BCUT2D eigenvalue weighted by Crippen LogP contribution is 2.07. The van der Waals surface area contributed by atoms with Gasteiger partial charge in [-0.1, -0.05) is 30.3 Å². The van der Waals surface area contributed by atoms with Gasteiger partial charge >= 0.3 is 0 Å². The minimum atomic E-state index is -0.684. The van der Waals surface area contributed by atoms with Gasteiger partial charge in [-0.3, -0.25) is 4.79 Å². The number of carbonyl (C=O) groups is 1. The molecule has 0 spiro atoms. The van der Waals surface area contributed by atoms with Crippen molar-refractivity contribution in [2.24, 2.45) is 11.5 Å². The highest BCUT2D eigenvalue weighted by molar-refractivity contribution is 5.81. The third kappa shape index (κ3) is 1.78. The number of amides is 1. The van der Waals surface area contributed by atoms with Crippen molar-refractivity contribution >= 4 is 5.91 Å². The summed E-state index contributed by atoms with van der Waals surface area (Å²) in [6, 6.07) is 8.36. The van der Waals surface area contributed by atoms with Crippen molar-refractivity contribution in [3.8, 4) is 0 Å². The minimum absolute atomic E-state index is 0.504. The van der Waals surface area contributed by atoms with E-state index in [0.717, 1.165) is 5.56 Å². The standard InChI is InChI=1S/C8H10N2O/c9-7(8(10)11)6-4-2-1-3-5-6/h1-5,7H,9H2,(H2,10,11). The average molecular weight is 150 g/mol. The van der Waals surface area contributed by atoms with Gasteiger partial charge in [0.2, 0.25) is 5.91 Å². The van der Waals surface area contributed by atoms with Crippen LogP contribution < -0.4 is 11.5 Å². The van der Waals surface area contributed by atoms with Gasteiger partial charge in [0.1, 0.15) is 6.04 Å². The maximum Gasteiger partial charge on any atom is 0.238 e. The van der Waals surface area contributed by atoms with Gasteiger partial charge in [0.15, 0.2) is 0 Å². The number of carbonyl (C=O) groups excluding carboxylic acids is 1. The number of hydrogen-bond acceptors (Lipinski definition) is 2. The van der Waals surface area contributed by atoms with Gasteiger partial charge in [0, 0.05) is 0 Å². The van der Waals surface area contributed by atoms with Crippen LogP contribution in [0.3, 0.4) is 0 Å². The molecule has 0 aromatic heterocycles. The van der Waals surface area contributed by atoms with Crippen LogP contribution in [-0.4, -0.2) is 5.91 Å². The molecule has 0 saturated carbocycles. The van der Waals surface area contributed by atoms with E-state index in [4.69, 9.17) is 11.5 Å². The Kier molecular flexibility index (Phi) is 2.23. The molecule has 1 aromatic carbocycles. The van der Waals surface area contributed by atoms with Gasteiger partial charge in [-0.05, 0) is 5.56 Å². The quantitative estimate of drug-likeness (QED) is 0.631. The molecule has 1 unspecified atom stereocenters. The fourth-order valence-corrected chi connectivity index (χ4v) is 0.825. The Balaban J connectivity index is 2.85. The zero-order valence-electron chi connectivity index (χ0n) is 6.03. The van der Waals surface area contributed by atoms with Crippen molar-refractivity contribution < 1.29 is 4.79 Å². The maximum atomic E-state index is 10.6. The first-order valence-electron chi connectivity index (χ1n) is 3.31. The summed E-state index contributed by atoms with van der Waals surface area (Å²) in [5.41, 5.74) is 11.2. The lowest BCUT2D eigenvalue weighted by molar-refractivity contribution is -0.119. The molecule has 0 bridgehead atoms. The van der Waals surface area contributed by atoms with Gasteiger partial charge in [-0.25, -0.2) is 0 Å². The third-order valence-corrected chi connectivity index (χ3v) is 1.47. The molecule has 11 heavy (non-hydrogen) atoms. The van der Waals surface area contributed by atoms with Crippen molar-refractivity contribution in [3.63, 3.8) is 0 Å². The summed E-state index contributed by atoms with van der Waals surface area (Å²) in [6.45, 7) is 0. The predicted molar refractivity (Wildman–Crippen MR) is 42.6 cm³/mol. The predicted octanol–water partition coefficient (Wildman–Crippen LogP) is 0.172. The summed E-state index contributed by atoms with van der Waals surface area (Å²) < 4.78 is 0. The lowest BCUT2D eigenvalue weighted by Gasteiger charge is -2.05. The van der Waals surface area contributed by atoms with Crippen LogP contribution in [0.15, 0.2) is 30.3 Å². The molecule has 1 aromatic rings. The molecular weight excluding hydrogens is 140 g/mol. The average Bonchev–Trinajstić information content (AvgIpc) is 2.05. The maximum absolute atomic E-state index is 10.6. The zero-order chi connectivity index (χ0) is 8.27. The monoisotopic (exact) mass is 150 g/mol. The molecular formula is C8H10N2O. The summed E-state index contributed by atoms with van der Waals surface area (Å²) in [6.07, 6.45) is 0. The molecule has 3 heteroatoms. The molecule has 0 aliphatic carbocycles. The van der Waals surface area contributed by atoms with Crippen LogP contribution in [0.4, 0.5) is 0 Å². The Morgan fingerprint density at radius 1 is 1.27 bits per heavy atom. The first kappa shape index (κ1) is 7.75. The Morgan fingerprint density at radius 2 is 1.82 bits per heavy atom. The number of rotatable bonds is 2. The van der Waals surface area contributed by atoms with Crippen LogP contribution in [0.1, 0.15) is 11.6 Å². The van der Waals surface area contributed by atoms with E-state index in [1.165, 1.54) is 0 Å². The Bertz CT molecular complexity index is 246. The van der Waals surface area contributed by atoms with E-state index < -0.39 is 11.9 Å². The van der Waals surface area contributed by atoms with Gasteiger partial charge in [0.05, 0.1) is 0 Å². The summed E-state index contributed by atoms with van der Waals surface area (Å²) in [7, 11) is 0. The smallest absolute Gasteiger partial charge is 0.238 e. The van der Waals surface area contributed by atoms with Crippen LogP contribution in [0.5, 0.6) is 0 Å². The number of hydrogen-bond donors (Lipinski definition) is 2. The molecule has 0 heterocycles. The van der Waals surface area contributed by atoms with Gasteiger partial charge in [0.25, 0.3) is 0 Å². The van der Waals surface area contributed by atoms with Crippen molar-refractivity contribution in [2.45, 2.75) is 6.04 Å². The van der Waals surface area contributed by atoms with Crippen molar-refractivity contribution in [3.05, 3.63) is 35.9 Å². The topological polar surface area (TPSA) is 69.1 Å². The molecule has 0 aliphatic heterocycles. The summed E-state index contributed by atoms with van der Waals surface area (Å²) in [5.74, 6) is -0.504. The van der Waals surface area contributed by atoms with Gasteiger partial charge in [-0.15, -0.1) is 0 Å². The van der Waals surface area contributed by atoms with Gasteiger partial charge < -0.3 is 11.5 Å². The second-order valence-electron chi connectivity index (χ2n) is 2.29. The van der Waals surface area contributed by atoms with E-state index in [0.29, 0.717) is 0 Å². The van der Waals surface area contributed by atoms with Crippen LogP contribution in [0.25, 0.3) is 0 Å². The fourth-order valence-electron chi connectivity index (χ4n) is 0.825. The molecule has 1 rings (SSSR count). The summed E-state index contributed by atoms with van der Waals surface area (Å²) >= 11 is 0. The van der Waals surface area contributed by atoms with Crippen LogP contribution in [0, 0.1) is 0 Å². The molecule has 0 saturated heterocycles. The SMILES string of the molecule is NC(=O)C(N)c1ccccc1. The largest absolute Gasteiger partial charge is 0.368 e. The first-order valence-corrected chi connectivity index (χ1v) is 3.31. The van der Waals surface area contributed by atoms with E-state index >= 15 is 0 Å². The molecule has 0 aliphatic rings. The first-order chi connectivity index (χ1) is 5.22. The molecule has 1 amide bonds. The van der Waals surface area contributed by atoms with Crippen LogP contribution in [-0.2, 0) is 4.79 Å². The molecule has 4 N–H and O–H groups in total. The Hall–Kier alpha value is -1.35. The Labute approximate surface area is 65.0 Å². The third-order valence-electron chi connectivity index (χ3n) is 1.47. The summed E-state index contributed by atoms with van der Waals surface area (Å²) in [4.78, 5) is 10.6. The molecule has 58 valence electrons.